The lowest BCUT2D eigenvalue weighted by Crippen LogP contribution is -2.21. The van der Waals surface area contributed by atoms with Gasteiger partial charge in [-0.1, -0.05) is 48.3 Å². The van der Waals surface area contributed by atoms with Crippen LogP contribution in [-0.4, -0.2) is 16.5 Å². The topological polar surface area (TPSA) is 84.6 Å². The van der Waals surface area contributed by atoms with Crippen molar-refractivity contribution in [2.75, 3.05) is 0 Å². The summed E-state index contributed by atoms with van der Waals surface area (Å²) in [7, 11) is 0. The summed E-state index contributed by atoms with van der Waals surface area (Å²) < 4.78 is 0. The van der Waals surface area contributed by atoms with E-state index in [2.05, 4.69) is 10.5 Å². The molecule has 6 nitrogen and oxygen atoms in total. The van der Waals surface area contributed by atoms with Crippen LogP contribution in [0.3, 0.4) is 0 Å². The maximum Gasteiger partial charge on any atom is 0.282 e. The van der Waals surface area contributed by atoms with E-state index in [1.807, 2.05) is 6.92 Å². The average Bonchev–Trinajstić information content (AvgIpc) is 2.56. The van der Waals surface area contributed by atoms with Crippen LogP contribution in [-0.2, 0) is 0 Å². The fourth-order valence-electron chi connectivity index (χ4n) is 2.06. The highest BCUT2D eigenvalue weighted by Gasteiger charge is 2.19. The third-order valence-corrected chi connectivity index (χ3v) is 3.76. The Kier molecular flexibility index (Phi) is 5.89. The van der Waals surface area contributed by atoms with Crippen LogP contribution in [0.1, 0.15) is 29.3 Å². The number of nitrogens with one attached hydrogen (secondary N) is 1. The number of hydrazone groups is 1. The van der Waals surface area contributed by atoms with E-state index in [0.717, 1.165) is 0 Å². The monoisotopic (exact) mass is 365 g/mol. The number of carbonyl (C=O) groups excluding carboxylic acids is 1. The fraction of sp³-hybridized carbons (Fsp3) is 0.125. The van der Waals surface area contributed by atoms with E-state index >= 15 is 0 Å². The number of carbonyl (C=O) groups is 1. The molecule has 0 unspecified atom stereocenters. The van der Waals surface area contributed by atoms with Gasteiger partial charge in [-0.2, -0.15) is 5.10 Å². The van der Waals surface area contributed by atoms with Crippen molar-refractivity contribution in [2.45, 2.75) is 13.3 Å². The molecule has 0 bridgehead atoms. The summed E-state index contributed by atoms with van der Waals surface area (Å²) in [5, 5.41) is 15.9. The Hall–Kier alpha value is -2.44. The van der Waals surface area contributed by atoms with Gasteiger partial charge in [-0.15, -0.1) is 0 Å². The molecule has 24 heavy (non-hydrogen) atoms. The smallest absolute Gasteiger partial charge is 0.267 e. The number of amides is 1. The Morgan fingerprint density at radius 3 is 2.54 bits per heavy atom. The number of nitrogens with zero attached hydrogens (tertiary/aromatic N) is 2. The minimum absolute atomic E-state index is 0.0658. The second-order valence-corrected chi connectivity index (χ2v) is 5.60. The van der Waals surface area contributed by atoms with Crippen molar-refractivity contribution in [2.24, 2.45) is 5.10 Å². The van der Waals surface area contributed by atoms with Crippen LogP contribution < -0.4 is 5.43 Å². The zero-order valence-electron chi connectivity index (χ0n) is 12.6. The van der Waals surface area contributed by atoms with Crippen molar-refractivity contribution in [3.05, 3.63) is 73.8 Å². The molecule has 1 amide bonds. The molecule has 0 aliphatic rings. The van der Waals surface area contributed by atoms with Gasteiger partial charge in [0.15, 0.2) is 0 Å². The molecule has 0 aliphatic carbocycles. The van der Waals surface area contributed by atoms with Gasteiger partial charge in [-0.25, -0.2) is 5.43 Å². The van der Waals surface area contributed by atoms with Gasteiger partial charge in [0.1, 0.15) is 5.56 Å². The van der Waals surface area contributed by atoms with Gasteiger partial charge in [-0.3, -0.25) is 14.9 Å². The number of rotatable bonds is 5. The van der Waals surface area contributed by atoms with E-state index in [4.69, 9.17) is 23.2 Å². The third-order valence-electron chi connectivity index (χ3n) is 3.21. The molecule has 2 aromatic carbocycles. The Morgan fingerprint density at radius 1 is 1.21 bits per heavy atom. The van der Waals surface area contributed by atoms with Gasteiger partial charge >= 0.3 is 0 Å². The van der Waals surface area contributed by atoms with Crippen LogP contribution in [0, 0.1) is 10.1 Å². The molecule has 0 aromatic heterocycles. The second kappa shape index (κ2) is 7.90. The zero-order valence-corrected chi connectivity index (χ0v) is 14.1. The normalized spacial score (nSPS) is 11.2. The first kappa shape index (κ1) is 17.9. The van der Waals surface area contributed by atoms with Crippen LogP contribution in [0.4, 0.5) is 5.69 Å². The minimum atomic E-state index is -0.668. The van der Waals surface area contributed by atoms with Crippen LogP contribution in [0.25, 0.3) is 0 Å². The second-order valence-electron chi connectivity index (χ2n) is 4.75. The highest BCUT2D eigenvalue weighted by atomic mass is 35.5. The number of nitro groups is 1. The molecule has 0 spiro atoms. The largest absolute Gasteiger partial charge is 0.282 e. The Morgan fingerprint density at radius 2 is 1.92 bits per heavy atom. The standard InChI is InChI=1S/C16H13Cl2N3O3/c1-2-14(11-8-7-10(17)9-13(11)18)19-20-16(22)12-5-3-4-6-15(12)21(23)24/h3-9H,2H2,1H3,(H,20,22)/b19-14+. The predicted octanol–water partition coefficient (Wildman–Crippen LogP) is 4.45. The summed E-state index contributed by atoms with van der Waals surface area (Å²) in [4.78, 5) is 22.5. The van der Waals surface area contributed by atoms with Gasteiger partial charge < -0.3 is 0 Å². The maximum absolute atomic E-state index is 12.2. The molecule has 0 fully saturated rings. The molecule has 124 valence electrons. The molecule has 0 saturated carbocycles. The number of hydrogen-bond acceptors (Lipinski definition) is 4. The van der Waals surface area contributed by atoms with Crippen LogP contribution >= 0.6 is 23.2 Å². The zero-order chi connectivity index (χ0) is 17.7. The molecule has 8 heteroatoms. The highest BCUT2D eigenvalue weighted by Crippen LogP contribution is 2.22. The SMILES string of the molecule is CC/C(=N\NC(=O)c1ccccc1[N+](=O)[O-])c1ccc(Cl)cc1Cl. The molecule has 0 heterocycles. The van der Waals surface area contributed by atoms with Crippen LogP contribution in [0.15, 0.2) is 47.6 Å². The molecule has 1 N–H and O–H groups in total. The van der Waals surface area contributed by atoms with Gasteiger partial charge in [0.2, 0.25) is 0 Å². The van der Waals surface area contributed by atoms with Crippen molar-refractivity contribution in [3.63, 3.8) is 0 Å². The van der Waals surface area contributed by atoms with Crippen molar-refractivity contribution in [3.8, 4) is 0 Å². The quantitative estimate of drug-likeness (QED) is 0.482. The Labute approximate surface area is 148 Å². The first-order valence-electron chi connectivity index (χ1n) is 6.99. The molecular weight excluding hydrogens is 353 g/mol. The van der Waals surface area contributed by atoms with Crippen molar-refractivity contribution < 1.29 is 9.72 Å². The number of benzene rings is 2. The fourth-order valence-corrected chi connectivity index (χ4v) is 2.57. The molecule has 0 saturated heterocycles. The van der Waals surface area contributed by atoms with E-state index in [9.17, 15) is 14.9 Å². The Balaban J connectivity index is 2.28. The van der Waals surface area contributed by atoms with Crippen molar-refractivity contribution in [1.82, 2.24) is 5.43 Å². The molecule has 2 rings (SSSR count). The van der Waals surface area contributed by atoms with Crippen molar-refractivity contribution >= 4 is 40.5 Å². The van der Waals surface area contributed by atoms with Gasteiger partial charge in [0, 0.05) is 16.7 Å². The molecular formula is C16H13Cl2N3O3. The lowest BCUT2D eigenvalue weighted by atomic mass is 10.1. The Bertz CT molecular complexity index is 822. The van der Waals surface area contributed by atoms with Crippen molar-refractivity contribution in [1.29, 1.82) is 0 Å². The summed E-state index contributed by atoms with van der Waals surface area (Å²) in [5.74, 6) is -0.668. The van der Waals surface area contributed by atoms with Crippen LogP contribution in [0.2, 0.25) is 10.0 Å². The van der Waals surface area contributed by atoms with Gasteiger partial charge in [0.25, 0.3) is 11.6 Å². The number of halogens is 2. The summed E-state index contributed by atoms with van der Waals surface area (Å²) in [6.45, 7) is 1.85. The molecule has 0 aliphatic heterocycles. The maximum atomic E-state index is 12.2. The van der Waals surface area contributed by atoms with E-state index in [-0.39, 0.29) is 11.3 Å². The van der Waals surface area contributed by atoms with Crippen LogP contribution in [0.5, 0.6) is 0 Å². The van der Waals surface area contributed by atoms with E-state index in [1.54, 1.807) is 24.3 Å². The summed E-state index contributed by atoms with van der Waals surface area (Å²) in [6.07, 6.45) is 0.499. The lowest BCUT2D eigenvalue weighted by Gasteiger charge is -2.08. The minimum Gasteiger partial charge on any atom is -0.267 e. The molecule has 0 atom stereocenters. The van der Waals surface area contributed by atoms with Gasteiger partial charge in [0.05, 0.1) is 15.7 Å². The third kappa shape index (κ3) is 4.10. The predicted molar refractivity (Wildman–Crippen MR) is 93.9 cm³/mol. The summed E-state index contributed by atoms with van der Waals surface area (Å²) in [6, 6.07) is 10.6. The highest BCUT2D eigenvalue weighted by molar-refractivity contribution is 6.37. The van der Waals surface area contributed by atoms with E-state index in [0.29, 0.717) is 27.7 Å². The summed E-state index contributed by atoms with van der Waals surface area (Å²) in [5.41, 5.74) is 3.15. The number of hydrogen-bond donors (Lipinski definition) is 1. The lowest BCUT2D eigenvalue weighted by molar-refractivity contribution is -0.385. The number of para-hydroxylation sites is 1. The first-order valence-corrected chi connectivity index (χ1v) is 7.75. The van der Waals surface area contributed by atoms with E-state index in [1.165, 1.54) is 18.2 Å². The summed E-state index contributed by atoms with van der Waals surface area (Å²) >= 11 is 12.0. The van der Waals surface area contributed by atoms with E-state index < -0.39 is 10.8 Å². The first-order chi connectivity index (χ1) is 11.4. The average molecular weight is 366 g/mol. The van der Waals surface area contributed by atoms with Gasteiger partial charge in [-0.05, 0) is 24.6 Å². The number of nitro benzene ring substituents is 1. The molecule has 0 radical (unpaired) electrons. The molecule has 2 aromatic rings.